The van der Waals surface area contributed by atoms with Crippen molar-refractivity contribution in [3.05, 3.63) is 10.1 Å². The molecule has 1 N–H and O–H groups in total. The van der Waals surface area contributed by atoms with Crippen molar-refractivity contribution in [2.75, 3.05) is 6.54 Å². The van der Waals surface area contributed by atoms with Crippen molar-refractivity contribution in [2.24, 2.45) is 0 Å². The van der Waals surface area contributed by atoms with Crippen LogP contribution in [0.3, 0.4) is 0 Å². The fraction of sp³-hybridized carbons (Fsp3) is 1.00. The Labute approximate surface area is 79.5 Å². The van der Waals surface area contributed by atoms with E-state index in [0.717, 1.165) is 6.54 Å². The second-order valence-electron chi connectivity index (χ2n) is 3.26. The SMILES string of the molecule is CCN(C(C)C)C(C)C.O=[N+]([O-])O. The van der Waals surface area contributed by atoms with Crippen LogP contribution in [0.4, 0.5) is 0 Å². The molecule has 5 heteroatoms. The van der Waals surface area contributed by atoms with Gasteiger partial charge in [-0.2, -0.15) is 0 Å². The molecule has 0 bridgehead atoms. The molecule has 0 fully saturated rings. The summed E-state index contributed by atoms with van der Waals surface area (Å²) in [6.45, 7) is 12.3. The predicted octanol–water partition coefficient (Wildman–Crippen LogP) is 1.78. The highest BCUT2D eigenvalue weighted by Crippen LogP contribution is 2.02. The second-order valence-corrected chi connectivity index (χ2v) is 3.26. The van der Waals surface area contributed by atoms with Crippen molar-refractivity contribution in [2.45, 2.75) is 46.7 Å². The van der Waals surface area contributed by atoms with Crippen molar-refractivity contribution in [1.82, 2.24) is 4.90 Å². The lowest BCUT2D eigenvalue weighted by molar-refractivity contribution is -0.742. The fourth-order valence-corrected chi connectivity index (χ4v) is 1.33. The maximum absolute atomic E-state index is 8.36. The molecule has 80 valence electrons. The summed E-state index contributed by atoms with van der Waals surface area (Å²) in [6.07, 6.45) is 0. The third-order valence-electron chi connectivity index (χ3n) is 1.69. The van der Waals surface area contributed by atoms with Crippen LogP contribution in [0.25, 0.3) is 0 Å². The van der Waals surface area contributed by atoms with Gasteiger partial charge in [0.2, 0.25) is 0 Å². The van der Waals surface area contributed by atoms with Crippen LogP contribution in [0.15, 0.2) is 0 Å². The Morgan fingerprint density at radius 3 is 1.54 bits per heavy atom. The average molecular weight is 192 g/mol. The van der Waals surface area contributed by atoms with Crippen LogP contribution in [0.2, 0.25) is 0 Å². The van der Waals surface area contributed by atoms with Gasteiger partial charge in [0.25, 0.3) is 5.09 Å². The van der Waals surface area contributed by atoms with Crippen LogP contribution in [0.1, 0.15) is 34.6 Å². The normalized spacial score (nSPS) is 10.2. The Hall–Kier alpha value is -0.840. The monoisotopic (exact) mass is 192 g/mol. The van der Waals surface area contributed by atoms with Gasteiger partial charge in [-0.25, -0.2) is 0 Å². The van der Waals surface area contributed by atoms with E-state index in [-0.39, 0.29) is 0 Å². The molecule has 0 atom stereocenters. The van der Waals surface area contributed by atoms with E-state index >= 15 is 0 Å². The summed E-state index contributed by atoms with van der Waals surface area (Å²) in [6, 6.07) is 1.38. The van der Waals surface area contributed by atoms with Gasteiger partial charge >= 0.3 is 0 Å². The lowest BCUT2D eigenvalue weighted by Crippen LogP contribution is -2.36. The number of nitrogens with zero attached hydrogens (tertiary/aromatic N) is 2. The van der Waals surface area contributed by atoms with E-state index in [2.05, 4.69) is 39.5 Å². The smallest absolute Gasteiger partial charge is 0.291 e. The molecule has 0 rings (SSSR count). The Balaban J connectivity index is 0. The summed E-state index contributed by atoms with van der Waals surface area (Å²) in [4.78, 5) is 10.8. The molecule has 0 amide bonds. The molecule has 0 aromatic heterocycles. The molecule has 0 aromatic rings. The molecule has 5 nitrogen and oxygen atoms in total. The van der Waals surface area contributed by atoms with Crippen molar-refractivity contribution in [1.29, 1.82) is 0 Å². The second kappa shape index (κ2) is 7.79. The Bertz CT molecular complexity index is 125. The summed E-state index contributed by atoms with van der Waals surface area (Å²) in [5.74, 6) is 0. The predicted molar refractivity (Wildman–Crippen MR) is 51.4 cm³/mol. The third-order valence-corrected chi connectivity index (χ3v) is 1.69. The maximum Gasteiger partial charge on any atom is 0.291 e. The van der Waals surface area contributed by atoms with E-state index in [1.807, 2.05) is 0 Å². The van der Waals surface area contributed by atoms with E-state index < -0.39 is 5.09 Å². The molecule has 0 aliphatic carbocycles. The molecule has 0 aliphatic rings. The highest BCUT2D eigenvalue weighted by Gasteiger charge is 2.08. The molecule has 0 unspecified atom stereocenters. The summed E-state index contributed by atoms with van der Waals surface area (Å²) >= 11 is 0. The minimum atomic E-state index is -1.50. The zero-order chi connectivity index (χ0) is 11.0. The van der Waals surface area contributed by atoms with Gasteiger partial charge < -0.3 is 5.21 Å². The molecule has 0 radical (unpaired) electrons. The van der Waals surface area contributed by atoms with E-state index in [9.17, 15) is 0 Å². The van der Waals surface area contributed by atoms with Gasteiger partial charge in [0.05, 0.1) is 0 Å². The first-order chi connectivity index (χ1) is 5.82. The van der Waals surface area contributed by atoms with Crippen LogP contribution >= 0.6 is 0 Å². The minimum Gasteiger partial charge on any atom is -0.328 e. The highest BCUT2D eigenvalue weighted by atomic mass is 16.9. The van der Waals surface area contributed by atoms with Gasteiger partial charge in [0, 0.05) is 12.1 Å². The largest absolute Gasteiger partial charge is 0.328 e. The van der Waals surface area contributed by atoms with Gasteiger partial charge in [-0.15, -0.1) is 10.1 Å². The fourth-order valence-electron chi connectivity index (χ4n) is 1.33. The zero-order valence-corrected chi connectivity index (χ0v) is 9.02. The lowest BCUT2D eigenvalue weighted by Gasteiger charge is -2.28. The number of rotatable bonds is 3. The minimum absolute atomic E-state index is 0.690. The molecule has 0 aromatic carbocycles. The quantitative estimate of drug-likeness (QED) is 0.546. The van der Waals surface area contributed by atoms with Crippen molar-refractivity contribution in [3.8, 4) is 0 Å². The van der Waals surface area contributed by atoms with Crippen LogP contribution in [-0.2, 0) is 0 Å². The standard InChI is InChI=1S/C8H19N.HNO3/c1-6-9(7(2)3)8(4)5;2-1(3)4/h7-8H,6H2,1-5H3;(H,2,3,4). The van der Waals surface area contributed by atoms with Crippen molar-refractivity contribution >= 4 is 0 Å². The molecule has 0 heterocycles. The van der Waals surface area contributed by atoms with Gasteiger partial charge in [0.15, 0.2) is 0 Å². The summed E-state index contributed by atoms with van der Waals surface area (Å²) in [5, 5.41) is 13.6. The number of hydrogen-bond acceptors (Lipinski definition) is 3. The van der Waals surface area contributed by atoms with E-state index in [1.165, 1.54) is 0 Å². The first-order valence-corrected chi connectivity index (χ1v) is 4.41. The van der Waals surface area contributed by atoms with Crippen molar-refractivity contribution < 1.29 is 10.3 Å². The third kappa shape index (κ3) is 11.2. The Morgan fingerprint density at radius 2 is 1.54 bits per heavy atom. The Kier molecular flexibility index (Phi) is 8.79. The van der Waals surface area contributed by atoms with Crippen LogP contribution in [0.5, 0.6) is 0 Å². The molecule has 0 aliphatic heterocycles. The topological polar surface area (TPSA) is 66.6 Å². The Morgan fingerprint density at radius 1 is 1.31 bits per heavy atom. The van der Waals surface area contributed by atoms with E-state index in [4.69, 9.17) is 15.3 Å². The van der Waals surface area contributed by atoms with E-state index in [0.29, 0.717) is 12.1 Å². The van der Waals surface area contributed by atoms with Gasteiger partial charge in [-0.1, -0.05) is 6.92 Å². The molecule has 13 heavy (non-hydrogen) atoms. The van der Waals surface area contributed by atoms with Crippen LogP contribution < -0.4 is 0 Å². The summed E-state index contributed by atoms with van der Waals surface area (Å²) < 4.78 is 0. The molecular formula is C8H20N2O3. The first kappa shape index (κ1) is 14.7. The summed E-state index contributed by atoms with van der Waals surface area (Å²) in [7, 11) is 0. The van der Waals surface area contributed by atoms with Gasteiger partial charge in [0.1, 0.15) is 0 Å². The van der Waals surface area contributed by atoms with Crippen LogP contribution in [0, 0.1) is 10.1 Å². The van der Waals surface area contributed by atoms with Gasteiger partial charge in [-0.3, -0.25) is 4.90 Å². The highest BCUT2D eigenvalue weighted by molar-refractivity contribution is 4.64. The average Bonchev–Trinajstić information content (AvgIpc) is 1.84. The molecule has 0 spiro atoms. The van der Waals surface area contributed by atoms with E-state index in [1.54, 1.807) is 0 Å². The molecular weight excluding hydrogens is 172 g/mol. The maximum atomic E-state index is 8.36. The van der Waals surface area contributed by atoms with Gasteiger partial charge in [-0.05, 0) is 34.2 Å². The zero-order valence-electron chi connectivity index (χ0n) is 9.02. The molecule has 0 saturated carbocycles. The van der Waals surface area contributed by atoms with Crippen LogP contribution in [-0.4, -0.2) is 33.8 Å². The molecule has 0 saturated heterocycles. The van der Waals surface area contributed by atoms with Crippen molar-refractivity contribution in [3.63, 3.8) is 0 Å². The lowest BCUT2D eigenvalue weighted by atomic mass is 10.2. The summed E-state index contributed by atoms with van der Waals surface area (Å²) in [5.41, 5.74) is 0. The number of hydrogen-bond donors (Lipinski definition) is 1. The first-order valence-electron chi connectivity index (χ1n) is 4.41.